The van der Waals surface area contributed by atoms with Gasteiger partial charge in [0.25, 0.3) is 0 Å². The van der Waals surface area contributed by atoms with Crippen molar-refractivity contribution in [3.05, 3.63) is 29.8 Å². The van der Waals surface area contributed by atoms with E-state index in [1.165, 1.54) is 64.1 Å². The first-order valence-corrected chi connectivity index (χ1v) is 8.48. The highest BCUT2D eigenvalue weighted by molar-refractivity contribution is 5.48. The summed E-state index contributed by atoms with van der Waals surface area (Å²) >= 11 is 0. The number of piperidine rings is 1. The maximum Gasteiger partial charge on any atom is 0.0761 e. The van der Waals surface area contributed by atoms with Gasteiger partial charge in [-0.15, -0.1) is 0 Å². The van der Waals surface area contributed by atoms with Gasteiger partial charge in [-0.05, 0) is 69.3 Å². The SMILES string of the molecule is C[C@H](O)c1ccc(N2CCC(CN3CCCC3)CC2)cc1. The summed E-state index contributed by atoms with van der Waals surface area (Å²) in [6.45, 7) is 8.12. The van der Waals surface area contributed by atoms with E-state index in [-0.39, 0.29) is 6.10 Å². The molecule has 0 saturated carbocycles. The third-order valence-corrected chi connectivity index (χ3v) is 5.07. The first kappa shape index (κ1) is 14.9. The van der Waals surface area contributed by atoms with Crippen molar-refractivity contribution in [2.24, 2.45) is 5.92 Å². The first-order chi connectivity index (χ1) is 10.2. The van der Waals surface area contributed by atoms with Gasteiger partial charge in [0.15, 0.2) is 0 Å². The van der Waals surface area contributed by atoms with E-state index in [0.29, 0.717) is 0 Å². The van der Waals surface area contributed by atoms with Crippen molar-refractivity contribution in [3.63, 3.8) is 0 Å². The molecule has 0 radical (unpaired) electrons. The van der Waals surface area contributed by atoms with E-state index >= 15 is 0 Å². The normalized spacial score (nSPS) is 22.7. The summed E-state index contributed by atoms with van der Waals surface area (Å²) in [5.74, 6) is 0.885. The number of hydrogen-bond donors (Lipinski definition) is 1. The van der Waals surface area contributed by atoms with Crippen molar-refractivity contribution in [2.75, 3.05) is 37.6 Å². The van der Waals surface area contributed by atoms with Crippen LogP contribution in [-0.2, 0) is 0 Å². The molecule has 1 aromatic carbocycles. The molecule has 0 aromatic heterocycles. The Morgan fingerprint density at radius 2 is 1.67 bits per heavy atom. The fraction of sp³-hybridized carbons (Fsp3) is 0.667. The van der Waals surface area contributed by atoms with Crippen LogP contribution in [0.1, 0.15) is 44.3 Å². The van der Waals surface area contributed by atoms with Gasteiger partial charge < -0.3 is 14.9 Å². The van der Waals surface area contributed by atoms with E-state index < -0.39 is 0 Å². The van der Waals surface area contributed by atoms with E-state index in [1.54, 1.807) is 0 Å². The second-order valence-corrected chi connectivity index (χ2v) is 6.71. The smallest absolute Gasteiger partial charge is 0.0761 e. The molecule has 21 heavy (non-hydrogen) atoms. The number of likely N-dealkylation sites (tertiary alicyclic amines) is 1. The Bertz CT molecular complexity index is 429. The van der Waals surface area contributed by atoms with Crippen LogP contribution in [-0.4, -0.2) is 42.7 Å². The quantitative estimate of drug-likeness (QED) is 0.922. The van der Waals surface area contributed by atoms with Crippen LogP contribution in [0.3, 0.4) is 0 Å². The molecule has 3 heteroatoms. The van der Waals surface area contributed by atoms with Gasteiger partial charge >= 0.3 is 0 Å². The monoisotopic (exact) mass is 288 g/mol. The van der Waals surface area contributed by atoms with Gasteiger partial charge in [0.05, 0.1) is 6.10 Å². The number of rotatable bonds is 4. The molecule has 1 aromatic rings. The van der Waals surface area contributed by atoms with Gasteiger partial charge in [0.2, 0.25) is 0 Å². The molecule has 0 bridgehead atoms. The number of benzene rings is 1. The van der Waals surface area contributed by atoms with Crippen LogP contribution >= 0.6 is 0 Å². The van der Waals surface area contributed by atoms with Crippen molar-refractivity contribution in [3.8, 4) is 0 Å². The van der Waals surface area contributed by atoms with Crippen molar-refractivity contribution in [2.45, 2.75) is 38.7 Å². The molecule has 0 unspecified atom stereocenters. The lowest BCUT2D eigenvalue weighted by atomic mass is 9.95. The van der Waals surface area contributed by atoms with Crippen LogP contribution in [0.4, 0.5) is 5.69 Å². The second-order valence-electron chi connectivity index (χ2n) is 6.71. The van der Waals surface area contributed by atoms with E-state index in [0.717, 1.165) is 11.5 Å². The number of hydrogen-bond acceptors (Lipinski definition) is 3. The fourth-order valence-electron chi connectivity index (χ4n) is 3.67. The van der Waals surface area contributed by atoms with Crippen LogP contribution in [0.25, 0.3) is 0 Å². The van der Waals surface area contributed by atoms with Gasteiger partial charge in [-0.25, -0.2) is 0 Å². The molecule has 2 heterocycles. The third kappa shape index (κ3) is 3.78. The largest absolute Gasteiger partial charge is 0.389 e. The zero-order valence-electron chi connectivity index (χ0n) is 13.2. The highest BCUT2D eigenvalue weighted by Gasteiger charge is 2.22. The van der Waals surface area contributed by atoms with Crippen molar-refractivity contribution in [1.82, 2.24) is 4.90 Å². The second kappa shape index (κ2) is 6.80. The molecule has 2 saturated heterocycles. The zero-order valence-corrected chi connectivity index (χ0v) is 13.2. The minimum absolute atomic E-state index is 0.370. The zero-order chi connectivity index (χ0) is 14.7. The molecule has 2 aliphatic heterocycles. The minimum atomic E-state index is -0.370. The fourth-order valence-corrected chi connectivity index (χ4v) is 3.67. The standard InChI is InChI=1S/C18H28N2O/c1-15(21)17-4-6-18(7-5-17)20-12-8-16(9-13-20)14-19-10-2-3-11-19/h4-7,15-16,21H,2-3,8-14H2,1H3/t15-/m0/s1. The van der Waals surface area contributed by atoms with Crippen LogP contribution < -0.4 is 4.90 Å². The molecule has 1 atom stereocenters. The van der Waals surface area contributed by atoms with Gasteiger partial charge in [-0.3, -0.25) is 0 Å². The highest BCUT2D eigenvalue weighted by Crippen LogP contribution is 2.26. The Morgan fingerprint density at radius 1 is 1.05 bits per heavy atom. The summed E-state index contributed by atoms with van der Waals surface area (Å²) in [4.78, 5) is 5.14. The molecule has 0 aliphatic carbocycles. The predicted molar refractivity (Wildman–Crippen MR) is 87.7 cm³/mol. The minimum Gasteiger partial charge on any atom is -0.389 e. The number of aliphatic hydroxyl groups excluding tert-OH is 1. The Balaban J connectivity index is 1.50. The Kier molecular flexibility index (Phi) is 4.81. The lowest BCUT2D eigenvalue weighted by Gasteiger charge is -2.35. The lowest BCUT2D eigenvalue weighted by molar-refractivity contribution is 0.199. The molecule has 0 amide bonds. The van der Waals surface area contributed by atoms with Crippen molar-refractivity contribution in [1.29, 1.82) is 0 Å². The first-order valence-electron chi connectivity index (χ1n) is 8.48. The van der Waals surface area contributed by atoms with Crippen LogP contribution in [0.5, 0.6) is 0 Å². The van der Waals surface area contributed by atoms with E-state index in [1.807, 2.05) is 6.92 Å². The Morgan fingerprint density at radius 3 is 2.24 bits per heavy atom. The molecule has 2 aliphatic rings. The number of nitrogens with zero attached hydrogens (tertiary/aromatic N) is 2. The van der Waals surface area contributed by atoms with Gasteiger partial charge in [0.1, 0.15) is 0 Å². The molecular formula is C18H28N2O. The molecule has 1 N–H and O–H groups in total. The average Bonchev–Trinajstić information content (AvgIpc) is 3.01. The maximum atomic E-state index is 9.58. The summed E-state index contributed by atoms with van der Waals surface area (Å²) in [5.41, 5.74) is 2.31. The average molecular weight is 288 g/mol. The molecular weight excluding hydrogens is 260 g/mol. The van der Waals surface area contributed by atoms with E-state index in [9.17, 15) is 5.11 Å². The molecule has 3 rings (SSSR count). The third-order valence-electron chi connectivity index (χ3n) is 5.07. The number of aliphatic hydroxyl groups is 1. The Labute approximate surface area is 128 Å². The molecule has 116 valence electrons. The molecule has 2 fully saturated rings. The van der Waals surface area contributed by atoms with E-state index in [4.69, 9.17) is 0 Å². The Hall–Kier alpha value is -1.06. The summed E-state index contributed by atoms with van der Waals surface area (Å²) in [7, 11) is 0. The highest BCUT2D eigenvalue weighted by atomic mass is 16.3. The predicted octanol–water partition coefficient (Wildman–Crippen LogP) is 3.05. The summed E-state index contributed by atoms with van der Waals surface area (Å²) in [6, 6.07) is 8.42. The van der Waals surface area contributed by atoms with Crippen LogP contribution in [0.15, 0.2) is 24.3 Å². The summed E-state index contributed by atoms with van der Waals surface area (Å²) < 4.78 is 0. The van der Waals surface area contributed by atoms with E-state index in [2.05, 4.69) is 34.1 Å². The topological polar surface area (TPSA) is 26.7 Å². The maximum absolute atomic E-state index is 9.58. The van der Waals surface area contributed by atoms with Crippen LogP contribution in [0, 0.1) is 5.92 Å². The van der Waals surface area contributed by atoms with Gasteiger partial charge in [-0.2, -0.15) is 0 Å². The number of anilines is 1. The van der Waals surface area contributed by atoms with Crippen molar-refractivity contribution < 1.29 is 5.11 Å². The molecule has 3 nitrogen and oxygen atoms in total. The van der Waals surface area contributed by atoms with Crippen LogP contribution in [0.2, 0.25) is 0 Å². The lowest BCUT2D eigenvalue weighted by Crippen LogP contribution is -2.38. The van der Waals surface area contributed by atoms with Gasteiger partial charge in [-0.1, -0.05) is 12.1 Å². The van der Waals surface area contributed by atoms with Crippen molar-refractivity contribution >= 4 is 5.69 Å². The summed E-state index contributed by atoms with van der Waals surface area (Å²) in [5, 5.41) is 9.58. The molecule has 0 spiro atoms. The summed E-state index contributed by atoms with van der Waals surface area (Å²) in [6.07, 6.45) is 5.05. The van der Waals surface area contributed by atoms with Gasteiger partial charge in [0, 0.05) is 25.3 Å².